The zero-order chi connectivity index (χ0) is 59.1. The first kappa shape index (κ1) is 57.3. The molecule has 5 aromatic heterocycles. The minimum Gasteiger partial charge on any atom is -0.373 e. The largest absolute Gasteiger partial charge is 0.373 e. The number of fused-ring (bicyclic) bond motifs is 3. The number of nitrogens with zero attached hydrogens (tertiary/aromatic N) is 13. The van der Waals surface area contributed by atoms with Crippen molar-refractivity contribution in [3.63, 3.8) is 0 Å². The Hall–Kier alpha value is -8.52. The number of imidazole rings is 2. The van der Waals surface area contributed by atoms with Crippen molar-refractivity contribution in [3.8, 4) is 11.4 Å². The lowest BCUT2D eigenvalue weighted by molar-refractivity contribution is 0.615. The van der Waals surface area contributed by atoms with Crippen LogP contribution in [-0.4, -0.2) is 75.7 Å². The summed E-state index contributed by atoms with van der Waals surface area (Å²) in [5, 5.41) is 4.08. The van der Waals surface area contributed by atoms with Gasteiger partial charge in [0.15, 0.2) is 0 Å². The lowest BCUT2D eigenvalue weighted by atomic mass is 10.1. The third-order valence-corrected chi connectivity index (χ3v) is 15.5. The van der Waals surface area contributed by atoms with Gasteiger partial charge in [-0.05, 0) is 134 Å². The first-order chi connectivity index (χ1) is 40.4. The van der Waals surface area contributed by atoms with Crippen LogP contribution in [0.15, 0.2) is 134 Å². The van der Waals surface area contributed by atoms with Crippen LogP contribution in [0.2, 0.25) is 15.6 Å². The fraction of sp³-hybridized carbons (Fsp3) is 0.226. The number of rotatable bonds is 10. The Morgan fingerprint density at radius 2 is 0.857 bits per heavy atom. The first-order valence-electron chi connectivity index (χ1n) is 26.9. The van der Waals surface area contributed by atoms with Gasteiger partial charge in [-0.1, -0.05) is 56.1 Å². The van der Waals surface area contributed by atoms with Crippen LogP contribution in [0.5, 0.6) is 0 Å². The van der Waals surface area contributed by atoms with E-state index >= 15 is 0 Å². The molecule has 10 aromatic rings. The zero-order valence-corrected chi connectivity index (χ0v) is 48.6. The van der Waals surface area contributed by atoms with Gasteiger partial charge in [-0.25, -0.2) is 56.8 Å². The molecule has 3 aliphatic rings. The summed E-state index contributed by atoms with van der Waals surface area (Å²) in [4.78, 5) is 41.4. The number of hydrogen-bond donors (Lipinski definition) is 1. The van der Waals surface area contributed by atoms with Crippen LogP contribution < -0.4 is 20.0 Å². The Kier molecular flexibility index (Phi) is 16.4. The third-order valence-electron chi connectivity index (χ3n) is 14.7. The Bertz CT molecular complexity index is 4050. The number of aromatic nitrogens is 10. The van der Waals surface area contributed by atoms with Gasteiger partial charge in [-0.15, -0.1) is 0 Å². The molecule has 0 bridgehead atoms. The predicted molar refractivity (Wildman–Crippen MR) is 318 cm³/mol. The number of aryl methyl sites for hydroxylation is 2. The first-order valence-corrected chi connectivity index (χ1v) is 28.1. The summed E-state index contributed by atoms with van der Waals surface area (Å²) < 4.78 is 72.7. The molecular weight excluding hydrogens is 1140 g/mol. The van der Waals surface area contributed by atoms with Crippen LogP contribution in [0.4, 0.5) is 62.3 Å². The van der Waals surface area contributed by atoms with Crippen molar-refractivity contribution in [2.75, 3.05) is 46.7 Å². The van der Waals surface area contributed by atoms with Gasteiger partial charge in [0, 0.05) is 103 Å². The quantitative estimate of drug-likeness (QED) is 0.0793. The number of halogens is 8. The van der Waals surface area contributed by atoms with Crippen LogP contribution >= 0.6 is 34.8 Å². The number of anilines is 7. The molecule has 84 heavy (non-hydrogen) atoms. The predicted octanol–water partition coefficient (Wildman–Crippen LogP) is 15.1. The van der Waals surface area contributed by atoms with E-state index in [4.69, 9.17) is 49.8 Å². The van der Waals surface area contributed by atoms with E-state index < -0.39 is 0 Å². The monoisotopic (exact) mass is 1190 g/mol. The van der Waals surface area contributed by atoms with E-state index in [1.807, 2.05) is 49.8 Å². The highest BCUT2D eigenvalue weighted by molar-refractivity contribution is 6.33. The zero-order valence-electron chi connectivity index (χ0n) is 46.3. The van der Waals surface area contributed by atoms with Gasteiger partial charge in [-0.2, -0.15) is 4.98 Å². The third kappa shape index (κ3) is 12.0. The minimum atomic E-state index is -0.353. The highest BCUT2D eigenvalue weighted by Crippen LogP contribution is 2.45. The van der Waals surface area contributed by atoms with E-state index in [1.165, 1.54) is 48.5 Å². The molecule has 0 radical (unpaired) electrons. The molecule has 8 heterocycles. The van der Waals surface area contributed by atoms with Gasteiger partial charge in [0.2, 0.25) is 5.28 Å². The maximum Gasteiger partial charge on any atom is 0.225 e. The average molecular weight is 1200 g/mol. The smallest absolute Gasteiger partial charge is 0.225 e. The van der Waals surface area contributed by atoms with Crippen molar-refractivity contribution >= 4 is 75.1 Å². The summed E-state index contributed by atoms with van der Waals surface area (Å²) >= 11 is 18.5. The average Bonchev–Trinajstić information content (AvgIpc) is 4.18. The summed E-state index contributed by atoms with van der Waals surface area (Å²) in [5.74, 6) is 3.08. The molecule has 0 spiro atoms. The Morgan fingerprint density at radius 1 is 0.476 bits per heavy atom. The van der Waals surface area contributed by atoms with Crippen LogP contribution in [0.25, 0.3) is 11.4 Å². The molecule has 0 aliphatic carbocycles. The SMILES string of the molecule is CNc1nc(Cc2ccc(-n3cnc(C)c3)c(F)c2)nc2c1[C@H](C)CN2c1ccc(F)cc1.C[C@@H]1CN(c2ccc(F)cc2)c2nc(Cl)nc(Cl)c21.Cc1cn(-c2ccc(Cc3nc(Cl)c4c(n3)N(c3ccc(F)cc3)C[C@H]4C)cc2F)cn1. The summed E-state index contributed by atoms with van der Waals surface area (Å²) in [7, 11) is 1.83. The maximum atomic E-state index is 14.8. The summed E-state index contributed by atoms with van der Waals surface area (Å²) in [6, 6.07) is 29.1. The Balaban J connectivity index is 0.000000136. The molecule has 428 valence electrons. The molecule has 22 heteroatoms. The second-order valence-corrected chi connectivity index (χ2v) is 22.0. The van der Waals surface area contributed by atoms with Gasteiger partial charge in [-0.3, -0.25) is 0 Å². The fourth-order valence-electron chi connectivity index (χ4n) is 10.8. The van der Waals surface area contributed by atoms with Crippen molar-refractivity contribution < 1.29 is 22.0 Å². The molecular formula is C62H54Cl3F5N14. The van der Waals surface area contributed by atoms with Gasteiger partial charge in [0.05, 0.1) is 35.4 Å². The molecule has 1 N–H and O–H groups in total. The molecule has 0 saturated carbocycles. The number of hydrogen-bond acceptors (Lipinski definition) is 12. The van der Waals surface area contributed by atoms with Crippen molar-refractivity contribution in [3.05, 3.63) is 230 Å². The lowest BCUT2D eigenvalue weighted by Crippen LogP contribution is -2.16. The van der Waals surface area contributed by atoms with E-state index in [2.05, 4.69) is 49.0 Å². The summed E-state index contributed by atoms with van der Waals surface area (Å²) in [6.45, 7) is 12.1. The Labute approximate surface area is 496 Å². The normalized spacial score (nSPS) is 15.7. The minimum absolute atomic E-state index is 0.116. The van der Waals surface area contributed by atoms with Crippen molar-refractivity contribution in [2.45, 2.75) is 65.2 Å². The van der Waals surface area contributed by atoms with Crippen molar-refractivity contribution in [1.29, 1.82) is 0 Å². The molecule has 0 unspecified atom stereocenters. The topological polar surface area (TPSA) is 135 Å². The van der Waals surface area contributed by atoms with Gasteiger partial charge >= 0.3 is 0 Å². The molecule has 13 rings (SSSR count). The fourth-order valence-corrected chi connectivity index (χ4v) is 11.7. The van der Waals surface area contributed by atoms with Crippen LogP contribution in [0.1, 0.15) is 89.4 Å². The van der Waals surface area contributed by atoms with Gasteiger partial charge in [0.1, 0.15) is 74.3 Å². The Morgan fingerprint density at radius 3 is 1.25 bits per heavy atom. The highest BCUT2D eigenvalue weighted by atomic mass is 35.5. The molecule has 0 saturated heterocycles. The van der Waals surface area contributed by atoms with Crippen molar-refractivity contribution in [1.82, 2.24) is 49.0 Å². The summed E-state index contributed by atoms with van der Waals surface area (Å²) in [5.41, 5.74) is 9.38. The second kappa shape index (κ2) is 24.0. The van der Waals surface area contributed by atoms with Crippen LogP contribution in [0.3, 0.4) is 0 Å². The van der Waals surface area contributed by atoms with E-state index in [0.717, 1.165) is 81.0 Å². The van der Waals surface area contributed by atoms with E-state index in [1.54, 1.807) is 82.7 Å². The van der Waals surface area contributed by atoms with Crippen LogP contribution in [0, 0.1) is 42.9 Å². The molecule has 0 amide bonds. The lowest BCUT2D eigenvalue weighted by Gasteiger charge is -2.19. The highest BCUT2D eigenvalue weighted by Gasteiger charge is 2.35. The maximum absolute atomic E-state index is 14.8. The molecule has 3 atom stereocenters. The molecule has 3 aliphatic heterocycles. The standard InChI is InChI=1S/C25H24F2N6.C24H20ClF2N5.C13H10Cl2FN3/c1-15-12-33(19-7-5-18(26)6-8-19)25-23(15)24(28-3)30-22(31-25)11-17-4-9-21(20(27)10-17)32-13-16(2)29-14-32;1-14-11-32(18-6-4-17(26)5-7-18)24-22(14)23(25)29-21(30-24)10-16-3-8-20(19(27)9-16)31-12-15(2)28-13-31;1-7-6-19(9-4-2-8(16)3-5-9)12-10(7)11(14)17-13(15)18-12/h4-10,13-15H,11-12H2,1-3H3,(H,28,30,31);3-9,12-14H,10-11H2,1-2H3;2-5,7H,6H2,1H3/t15-;14-;7-/m111/s1. The van der Waals surface area contributed by atoms with Gasteiger partial charge < -0.3 is 29.2 Å². The van der Waals surface area contributed by atoms with Crippen molar-refractivity contribution in [2.24, 2.45) is 0 Å². The second-order valence-electron chi connectivity index (χ2n) is 20.9. The molecule has 0 fully saturated rings. The van der Waals surface area contributed by atoms with E-state index in [-0.39, 0.29) is 52.1 Å². The number of nitrogens with one attached hydrogen (secondary N) is 1. The van der Waals surface area contributed by atoms with Crippen LogP contribution in [-0.2, 0) is 12.8 Å². The summed E-state index contributed by atoms with van der Waals surface area (Å²) in [6.07, 6.45) is 7.45. The van der Waals surface area contributed by atoms with Gasteiger partial charge in [0.25, 0.3) is 0 Å². The molecule has 14 nitrogen and oxygen atoms in total. The van der Waals surface area contributed by atoms with E-state index in [9.17, 15) is 22.0 Å². The van der Waals surface area contributed by atoms with E-state index in [0.29, 0.717) is 64.4 Å². The molecule has 5 aromatic carbocycles. The number of benzene rings is 5.